The molecular formula is C19H18N4O4S. The standard InChI is InChI=1S/C19H18N4O4S/c1-2-20-18-15-5-3-4-6-16(15)21-19(22-18)28-10-13-8-14(23(24)25)7-12-9-26-11-27-17(12)13/h3-8H,2,9-11H2,1H3,(H,20,21,22). The molecule has 4 rings (SSSR count). The molecule has 8 nitrogen and oxygen atoms in total. The molecule has 9 heteroatoms. The van der Waals surface area contributed by atoms with Gasteiger partial charge in [-0.3, -0.25) is 10.1 Å². The van der Waals surface area contributed by atoms with Gasteiger partial charge in [-0.1, -0.05) is 23.9 Å². The van der Waals surface area contributed by atoms with E-state index in [1.165, 1.54) is 17.8 Å². The Morgan fingerprint density at radius 2 is 2.14 bits per heavy atom. The summed E-state index contributed by atoms with van der Waals surface area (Å²) in [5, 5.41) is 16.1. The summed E-state index contributed by atoms with van der Waals surface area (Å²) in [6.45, 7) is 3.20. The predicted molar refractivity (Wildman–Crippen MR) is 107 cm³/mol. The Hall–Kier alpha value is -2.91. The molecule has 0 amide bonds. The van der Waals surface area contributed by atoms with Crippen molar-refractivity contribution in [2.24, 2.45) is 0 Å². The van der Waals surface area contributed by atoms with Crippen molar-refractivity contribution >= 4 is 34.2 Å². The molecule has 0 saturated carbocycles. The highest BCUT2D eigenvalue weighted by Gasteiger charge is 2.21. The minimum Gasteiger partial charge on any atom is -0.467 e. The summed E-state index contributed by atoms with van der Waals surface area (Å²) in [5.74, 6) is 1.88. The number of nitro benzene ring substituents is 1. The number of nitro groups is 1. The van der Waals surface area contributed by atoms with Crippen LogP contribution in [-0.4, -0.2) is 28.2 Å². The zero-order valence-corrected chi connectivity index (χ0v) is 16.0. The molecule has 28 heavy (non-hydrogen) atoms. The summed E-state index contributed by atoms with van der Waals surface area (Å²) in [6.07, 6.45) is 0. The Morgan fingerprint density at radius 1 is 1.29 bits per heavy atom. The van der Waals surface area contributed by atoms with E-state index in [0.717, 1.165) is 28.8 Å². The number of para-hydroxylation sites is 1. The Balaban J connectivity index is 1.66. The lowest BCUT2D eigenvalue weighted by molar-refractivity contribution is -0.385. The van der Waals surface area contributed by atoms with Gasteiger partial charge in [0.1, 0.15) is 11.6 Å². The van der Waals surface area contributed by atoms with Crippen LogP contribution in [-0.2, 0) is 17.1 Å². The number of hydrogen-bond donors (Lipinski definition) is 1. The van der Waals surface area contributed by atoms with Crippen LogP contribution in [0.1, 0.15) is 18.1 Å². The van der Waals surface area contributed by atoms with Crippen LogP contribution in [0.15, 0.2) is 41.6 Å². The maximum Gasteiger partial charge on any atom is 0.270 e. The zero-order valence-electron chi connectivity index (χ0n) is 15.2. The molecule has 144 valence electrons. The van der Waals surface area contributed by atoms with Gasteiger partial charge in [0.25, 0.3) is 5.69 Å². The maximum atomic E-state index is 11.3. The number of non-ortho nitro benzene ring substituents is 1. The average Bonchev–Trinajstić information content (AvgIpc) is 2.72. The minimum atomic E-state index is -0.404. The summed E-state index contributed by atoms with van der Waals surface area (Å²) >= 11 is 1.42. The normalized spacial score (nSPS) is 13.0. The molecular weight excluding hydrogens is 380 g/mol. The van der Waals surface area contributed by atoms with Gasteiger partial charge in [-0.25, -0.2) is 9.97 Å². The fourth-order valence-electron chi connectivity index (χ4n) is 3.06. The Kier molecular flexibility index (Phi) is 5.27. The number of anilines is 1. The molecule has 0 radical (unpaired) electrons. The van der Waals surface area contributed by atoms with Crippen molar-refractivity contribution < 1.29 is 14.4 Å². The first kappa shape index (κ1) is 18.5. The molecule has 0 unspecified atom stereocenters. The number of fused-ring (bicyclic) bond motifs is 2. The number of nitrogens with one attached hydrogen (secondary N) is 1. The molecule has 0 spiro atoms. The number of nitrogens with zero attached hydrogens (tertiary/aromatic N) is 3. The lowest BCUT2D eigenvalue weighted by Gasteiger charge is -2.20. The SMILES string of the molecule is CCNc1nc(SCc2cc([N+](=O)[O-])cc3c2OCOC3)nc2ccccc12. The van der Waals surface area contributed by atoms with Gasteiger partial charge in [0.15, 0.2) is 11.9 Å². The number of hydrogen-bond acceptors (Lipinski definition) is 8. The maximum absolute atomic E-state index is 11.3. The van der Waals surface area contributed by atoms with E-state index in [1.54, 1.807) is 6.07 Å². The first-order valence-electron chi connectivity index (χ1n) is 8.80. The molecule has 1 aliphatic rings. The third-order valence-electron chi connectivity index (χ3n) is 4.27. The molecule has 2 heterocycles. The molecule has 0 aliphatic carbocycles. The highest BCUT2D eigenvalue weighted by Crippen LogP contribution is 2.36. The molecule has 2 aromatic carbocycles. The Labute approximate surface area is 165 Å². The molecule has 1 N–H and O–H groups in total. The van der Waals surface area contributed by atoms with E-state index >= 15 is 0 Å². The third kappa shape index (κ3) is 3.71. The molecule has 0 atom stereocenters. The minimum absolute atomic E-state index is 0.0243. The van der Waals surface area contributed by atoms with E-state index in [0.29, 0.717) is 28.8 Å². The lowest BCUT2D eigenvalue weighted by atomic mass is 10.1. The number of ether oxygens (including phenoxy) is 2. The zero-order chi connectivity index (χ0) is 19.5. The quantitative estimate of drug-likeness (QED) is 0.286. The predicted octanol–water partition coefficient (Wildman–Crippen LogP) is 4.13. The number of thioether (sulfide) groups is 1. The fourth-order valence-corrected chi connectivity index (χ4v) is 3.88. The number of rotatable bonds is 6. The number of benzene rings is 2. The van der Waals surface area contributed by atoms with E-state index in [9.17, 15) is 10.1 Å². The van der Waals surface area contributed by atoms with Gasteiger partial charge in [-0.15, -0.1) is 0 Å². The van der Waals surface area contributed by atoms with Gasteiger partial charge >= 0.3 is 0 Å². The lowest BCUT2D eigenvalue weighted by Crippen LogP contribution is -2.13. The third-order valence-corrected chi connectivity index (χ3v) is 5.16. The monoisotopic (exact) mass is 398 g/mol. The topological polar surface area (TPSA) is 99.4 Å². The number of aromatic nitrogens is 2. The van der Waals surface area contributed by atoms with E-state index in [4.69, 9.17) is 9.47 Å². The van der Waals surface area contributed by atoms with E-state index in [2.05, 4.69) is 15.3 Å². The smallest absolute Gasteiger partial charge is 0.270 e. The van der Waals surface area contributed by atoms with Gasteiger partial charge in [0.05, 0.1) is 17.0 Å². The summed E-state index contributed by atoms with van der Waals surface area (Å²) in [7, 11) is 0. The van der Waals surface area contributed by atoms with Crippen LogP contribution in [0.2, 0.25) is 0 Å². The second kappa shape index (κ2) is 7.99. The molecule has 0 fully saturated rings. The van der Waals surface area contributed by atoms with E-state index in [-0.39, 0.29) is 12.5 Å². The molecule has 0 bridgehead atoms. The van der Waals surface area contributed by atoms with E-state index < -0.39 is 4.92 Å². The average molecular weight is 398 g/mol. The first-order valence-corrected chi connectivity index (χ1v) is 9.78. The fraction of sp³-hybridized carbons (Fsp3) is 0.263. The second-order valence-corrected chi connectivity index (χ2v) is 7.09. The highest BCUT2D eigenvalue weighted by molar-refractivity contribution is 7.98. The van der Waals surface area contributed by atoms with Gasteiger partial charge < -0.3 is 14.8 Å². The van der Waals surface area contributed by atoms with Gasteiger partial charge in [-0.05, 0) is 19.1 Å². The Morgan fingerprint density at radius 3 is 2.96 bits per heavy atom. The highest BCUT2D eigenvalue weighted by atomic mass is 32.2. The van der Waals surface area contributed by atoms with Crippen molar-refractivity contribution in [3.63, 3.8) is 0 Å². The van der Waals surface area contributed by atoms with Crippen LogP contribution in [0.25, 0.3) is 10.9 Å². The van der Waals surface area contributed by atoms with Crippen LogP contribution in [0, 0.1) is 10.1 Å². The van der Waals surface area contributed by atoms with Crippen LogP contribution < -0.4 is 10.1 Å². The molecule has 1 aromatic heterocycles. The van der Waals surface area contributed by atoms with Crippen LogP contribution in [0.4, 0.5) is 11.5 Å². The van der Waals surface area contributed by atoms with Gasteiger partial charge in [0.2, 0.25) is 0 Å². The van der Waals surface area contributed by atoms with Gasteiger partial charge in [0, 0.05) is 40.9 Å². The summed E-state index contributed by atoms with van der Waals surface area (Å²) in [5.41, 5.74) is 2.29. The van der Waals surface area contributed by atoms with Crippen molar-refractivity contribution in [2.75, 3.05) is 18.7 Å². The van der Waals surface area contributed by atoms with Crippen LogP contribution in [0.3, 0.4) is 0 Å². The summed E-state index contributed by atoms with van der Waals surface area (Å²) in [6, 6.07) is 10.9. The Bertz CT molecular complexity index is 1040. The molecule has 0 saturated heterocycles. The summed E-state index contributed by atoms with van der Waals surface area (Å²) < 4.78 is 10.9. The first-order chi connectivity index (χ1) is 13.7. The van der Waals surface area contributed by atoms with Crippen LogP contribution >= 0.6 is 11.8 Å². The molecule has 3 aromatic rings. The van der Waals surface area contributed by atoms with Crippen molar-refractivity contribution in [3.8, 4) is 5.75 Å². The second-order valence-electron chi connectivity index (χ2n) is 6.15. The van der Waals surface area contributed by atoms with Crippen molar-refractivity contribution in [2.45, 2.75) is 24.4 Å². The van der Waals surface area contributed by atoms with Crippen molar-refractivity contribution in [1.29, 1.82) is 0 Å². The van der Waals surface area contributed by atoms with Crippen molar-refractivity contribution in [3.05, 3.63) is 57.6 Å². The largest absolute Gasteiger partial charge is 0.467 e. The van der Waals surface area contributed by atoms with Crippen LogP contribution in [0.5, 0.6) is 5.75 Å². The van der Waals surface area contributed by atoms with Crippen molar-refractivity contribution in [1.82, 2.24) is 9.97 Å². The van der Waals surface area contributed by atoms with Gasteiger partial charge in [-0.2, -0.15) is 0 Å². The molecule has 1 aliphatic heterocycles. The van der Waals surface area contributed by atoms with E-state index in [1.807, 2.05) is 31.2 Å². The summed E-state index contributed by atoms with van der Waals surface area (Å²) in [4.78, 5) is 20.1.